The van der Waals surface area contributed by atoms with Gasteiger partial charge in [-0.2, -0.15) is 0 Å². The summed E-state index contributed by atoms with van der Waals surface area (Å²) in [6, 6.07) is 16.5. The minimum atomic E-state index is -1.39. The third-order valence-electron chi connectivity index (χ3n) is 7.78. The van der Waals surface area contributed by atoms with Gasteiger partial charge in [0.05, 0.1) is 6.61 Å². The quantitative estimate of drug-likeness (QED) is 0.265. The normalized spacial score (nSPS) is 22.7. The van der Waals surface area contributed by atoms with Crippen molar-refractivity contribution >= 4 is 8.07 Å². The first-order valence-corrected chi connectivity index (χ1v) is 17.3. The summed E-state index contributed by atoms with van der Waals surface area (Å²) in [5.74, 6) is 4.92. The van der Waals surface area contributed by atoms with Crippen LogP contribution in [0.25, 0.3) is 0 Å². The average Bonchev–Trinajstić information content (AvgIpc) is 3.34. The number of fused-ring (bicyclic) bond motifs is 3. The van der Waals surface area contributed by atoms with Crippen molar-refractivity contribution in [2.24, 2.45) is 0 Å². The highest BCUT2D eigenvalue weighted by Crippen LogP contribution is 2.45. The lowest BCUT2D eigenvalue weighted by Gasteiger charge is -2.38. The summed E-state index contributed by atoms with van der Waals surface area (Å²) in [7, 11) is -1.39. The molecule has 0 amide bonds. The van der Waals surface area contributed by atoms with E-state index in [-0.39, 0.29) is 0 Å². The molecule has 2 aromatic carbocycles. The molecule has 2 atom stereocenters. The summed E-state index contributed by atoms with van der Waals surface area (Å²) < 4.78 is 6.28. The van der Waals surface area contributed by atoms with Crippen molar-refractivity contribution in [3.63, 3.8) is 0 Å². The lowest BCUT2D eigenvalue weighted by atomic mass is 9.81. The number of ether oxygens (including phenoxy) is 1. The number of benzene rings is 2. The van der Waals surface area contributed by atoms with Gasteiger partial charge in [-0.25, -0.2) is 0 Å². The van der Waals surface area contributed by atoms with Crippen molar-refractivity contribution in [1.29, 1.82) is 0 Å². The van der Waals surface area contributed by atoms with E-state index in [1.807, 2.05) is 0 Å². The van der Waals surface area contributed by atoms with Crippen LogP contribution >= 0.6 is 0 Å². The predicted octanol–water partition coefficient (Wildman–Crippen LogP) is 6.45. The fourth-order valence-electron chi connectivity index (χ4n) is 6.02. The van der Waals surface area contributed by atoms with Crippen LogP contribution in [0, 0.1) is 11.5 Å². The van der Waals surface area contributed by atoms with Gasteiger partial charge in [-0.05, 0) is 92.7 Å². The van der Waals surface area contributed by atoms with E-state index in [1.165, 1.54) is 75.0 Å². The number of likely N-dealkylation sites (tertiary alicyclic amines) is 1. The van der Waals surface area contributed by atoms with Crippen LogP contribution in [-0.2, 0) is 0 Å². The van der Waals surface area contributed by atoms with Crippen molar-refractivity contribution in [2.45, 2.75) is 70.1 Å². The Morgan fingerprint density at radius 1 is 0.943 bits per heavy atom. The average molecular weight is 487 g/mol. The highest BCUT2D eigenvalue weighted by atomic mass is 28.3. The summed E-state index contributed by atoms with van der Waals surface area (Å²) in [4.78, 5) is 5.30. The molecule has 186 valence electrons. The zero-order valence-corrected chi connectivity index (χ0v) is 23.0. The Balaban J connectivity index is 1.32. The highest BCUT2D eigenvalue weighted by molar-refractivity contribution is 6.83. The molecular formula is C31H42N2OSi. The topological polar surface area (TPSA) is 15.7 Å². The van der Waals surface area contributed by atoms with Crippen LogP contribution in [0.1, 0.15) is 72.7 Å². The van der Waals surface area contributed by atoms with Gasteiger partial charge in [-0.15, -0.1) is 5.54 Å². The Bertz CT molecular complexity index is 1070. The van der Waals surface area contributed by atoms with E-state index in [0.29, 0.717) is 12.0 Å². The molecule has 0 saturated carbocycles. The van der Waals surface area contributed by atoms with Crippen LogP contribution in [0.15, 0.2) is 42.5 Å². The summed E-state index contributed by atoms with van der Waals surface area (Å²) in [5.41, 5.74) is 9.07. The van der Waals surface area contributed by atoms with Gasteiger partial charge >= 0.3 is 0 Å². The Morgan fingerprint density at radius 3 is 2.63 bits per heavy atom. The van der Waals surface area contributed by atoms with Crippen molar-refractivity contribution in [3.05, 3.63) is 64.7 Å². The highest BCUT2D eigenvalue weighted by Gasteiger charge is 2.36. The summed E-state index contributed by atoms with van der Waals surface area (Å²) in [6.45, 7) is 13.7. The van der Waals surface area contributed by atoms with Crippen LogP contribution in [0.2, 0.25) is 19.6 Å². The maximum atomic E-state index is 6.28. The lowest BCUT2D eigenvalue weighted by molar-refractivity contribution is 0.204. The van der Waals surface area contributed by atoms with E-state index in [4.69, 9.17) is 4.74 Å². The van der Waals surface area contributed by atoms with Gasteiger partial charge in [0.1, 0.15) is 13.8 Å². The first-order valence-electron chi connectivity index (χ1n) is 13.8. The molecule has 3 heterocycles. The zero-order chi connectivity index (χ0) is 24.3. The molecule has 2 aromatic rings. The van der Waals surface area contributed by atoms with Gasteiger partial charge in [0.15, 0.2) is 0 Å². The van der Waals surface area contributed by atoms with E-state index >= 15 is 0 Å². The number of piperidine rings is 1. The van der Waals surface area contributed by atoms with Crippen molar-refractivity contribution in [3.8, 4) is 17.2 Å². The molecule has 2 unspecified atom stereocenters. The lowest BCUT2D eigenvalue weighted by Crippen LogP contribution is -2.34. The van der Waals surface area contributed by atoms with Gasteiger partial charge in [0, 0.05) is 30.6 Å². The molecule has 4 heteroatoms. The number of nitrogens with zero attached hydrogens (tertiary/aromatic N) is 2. The fraction of sp³-hybridized carbons (Fsp3) is 0.548. The van der Waals surface area contributed by atoms with Gasteiger partial charge in [-0.1, -0.05) is 50.2 Å². The molecule has 5 rings (SSSR count). The maximum Gasteiger partial charge on any atom is 0.129 e. The van der Waals surface area contributed by atoms with Gasteiger partial charge in [-0.3, -0.25) is 4.90 Å². The van der Waals surface area contributed by atoms with Gasteiger partial charge in [0.25, 0.3) is 0 Å². The molecule has 35 heavy (non-hydrogen) atoms. The minimum absolute atomic E-state index is 0.404. The first kappa shape index (κ1) is 24.6. The molecule has 2 fully saturated rings. The monoisotopic (exact) mass is 486 g/mol. The van der Waals surface area contributed by atoms with E-state index in [1.54, 1.807) is 0 Å². The Kier molecular flexibility index (Phi) is 7.67. The fourth-order valence-corrected chi connectivity index (χ4v) is 6.54. The van der Waals surface area contributed by atoms with Gasteiger partial charge < -0.3 is 9.64 Å². The second-order valence-corrected chi connectivity index (χ2v) is 16.5. The number of hydrogen-bond donors (Lipinski definition) is 0. The number of hydrogen-bond acceptors (Lipinski definition) is 3. The summed E-state index contributed by atoms with van der Waals surface area (Å²) >= 11 is 0. The molecule has 0 aromatic heterocycles. The van der Waals surface area contributed by atoms with Crippen LogP contribution in [0.3, 0.4) is 0 Å². The molecule has 0 aliphatic carbocycles. The largest absolute Gasteiger partial charge is 0.494 e. The Morgan fingerprint density at radius 2 is 1.80 bits per heavy atom. The van der Waals surface area contributed by atoms with Gasteiger partial charge in [0.2, 0.25) is 0 Å². The molecule has 3 aliphatic heterocycles. The van der Waals surface area contributed by atoms with Crippen LogP contribution in [0.5, 0.6) is 5.75 Å². The Labute approximate surface area is 213 Å². The van der Waals surface area contributed by atoms with E-state index in [0.717, 1.165) is 30.9 Å². The van der Waals surface area contributed by atoms with E-state index in [2.05, 4.69) is 83.4 Å². The smallest absolute Gasteiger partial charge is 0.129 e. The van der Waals surface area contributed by atoms with E-state index < -0.39 is 8.07 Å². The second kappa shape index (κ2) is 10.9. The van der Waals surface area contributed by atoms with Crippen LogP contribution in [0.4, 0.5) is 0 Å². The molecule has 0 radical (unpaired) electrons. The standard InChI is InChI=1S/C31H42N2OSi/c1-35(2,3)21-15-25-10-7-11-26(22-25)30-24-33-19-8-12-31(33)29-23-27(13-14-28(29)30)34-20-9-18-32-16-5-4-6-17-32/h7,10-11,13-14,22-23,30-31H,4-6,8-9,12,16-20,24H2,1-3H3. The maximum absolute atomic E-state index is 6.28. The summed E-state index contributed by atoms with van der Waals surface area (Å²) in [6.07, 6.45) is 7.79. The SMILES string of the molecule is C[Si](C)(C)C#Cc1cccc(C2CN3CCCC3c3cc(OCCCN4CCCCC4)ccc32)c1. The van der Waals surface area contributed by atoms with Crippen LogP contribution in [-0.4, -0.2) is 57.2 Å². The summed E-state index contributed by atoms with van der Waals surface area (Å²) in [5, 5.41) is 0. The molecule has 2 saturated heterocycles. The van der Waals surface area contributed by atoms with Crippen LogP contribution < -0.4 is 4.74 Å². The van der Waals surface area contributed by atoms with Crippen molar-refractivity contribution in [1.82, 2.24) is 9.80 Å². The first-order chi connectivity index (χ1) is 17.0. The van der Waals surface area contributed by atoms with E-state index in [9.17, 15) is 0 Å². The number of rotatable bonds is 6. The molecular weight excluding hydrogens is 444 g/mol. The second-order valence-electron chi connectivity index (χ2n) is 11.7. The Hall–Kier alpha value is -2.06. The molecule has 0 spiro atoms. The molecule has 0 N–H and O–H groups in total. The minimum Gasteiger partial charge on any atom is -0.494 e. The third-order valence-corrected chi connectivity index (χ3v) is 8.66. The third kappa shape index (κ3) is 6.20. The zero-order valence-electron chi connectivity index (χ0n) is 22.0. The molecule has 3 aliphatic rings. The molecule has 0 bridgehead atoms. The van der Waals surface area contributed by atoms with Crippen molar-refractivity contribution < 1.29 is 4.74 Å². The van der Waals surface area contributed by atoms with Crippen molar-refractivity contribution in [2.75, 3.05) is 39.3 Å². The predicted molar refractivity (Wildman–Crippen MR) is 149 cm³/mol. The molecule has 3 nitrogen and oxygen atoms in total.